The third-order valence-electron chi connectivity index (χ3n) is 3.32. The Morgan fingerprint density at radius 2 is 1.32 bits per heavy atom. The van der Waals surface area contributed by atoms with E-state index >= 15 is 0 Å². The van der Waals surface area contributed by atoms with Crippen LogP contribution in [-0.2, 0) is 28.5 Å². The lowest BCUT2D eigenvalue weighted by molar-refractivity contribution is -0.133. The van der Waals surface area contributed by atoms with Crippen molar-refractivity contribution in [3.8, 4) is 0 Å². The van der Waals surface area contributed by atoms with Gasteiger partial charge in [-0.25, -0.2) is 9.59 Å². The number of aliphatic carboxylic acids is 2. The van der Waals surface area contributed by atoms with Crippen LogP contribution in [0.1, 0.15) is 40.5 Å². The van der Waals surface area contributed by atoms with Crippen LogP contribution in [0, 0.1) is 0 Å². The van der Waals surface area contributed by atoms with Crippen molar-refractivity contribution in [2.24, 2.45) is 0 Å². The summed E-state index contributed by atoms with van der Waals surface area (Å²) in [5, 5.41) is 18.0. The molecule has 0 rings (SSSR count). The molecule has 0 unspecified atom stereocenters. The quantitative estimate of drug-likeness (QED) is 0.336. The van der Waals surface area contributed by atoms with E-state index in [1.807, 2.05) is 6.92 Å². The van der Waals surface area contributed by atoms with E-state index in [9.17, 15) is 9.59 Å². The normalized spacial score (nSPS) is 14.1. The molecule has 0 heterocycles. The van der Waals surface area contributed by atoms with Gasteiger partial charge in [-0.15, -0.1) is 0 Å². The Hall–Kier alpha value is -1.74. The summed E-state index contributed by atoms with van der Waals surface area (Å²) in [7, 11) is 3.12. The van der Waals surface area contributed by atoms with Gasteiger partial charge in [0.25, 0.3) is 0 Å². The van der Waals surface area contributed by atoms with Crippen molar-refractivity contribution < 1.29 is 38.7 Å². The van der Waals surface area contributed by atoms with Gasteiger partial charge in [0, 0.05) is 38.6 Å². The van der Waals surface area contributed by atoms with Crippen molar-refractivity contribution in [3.63, 3.8) is 0 Å². The molecule has 0 aliphatic rings. The van der Waals surface area contributed by atoms with Crippen LogP contribution in [0.3, 0.4) is 0 Å². The van der Waals surface area contributed by atoms with E-state index in [2.05, 4.69) is 6.92 Å². The number of rotatable bonds is 14. The highest BCUT2D eigenvalue weighted by molar-refractivity contribution is 5.87. The van der Waals surface area contributed by atoms with E-state index in [-0.39, 0.29) is 17.8 Å². The number of methoxy groups -OCH3 is 2. The third-order valence-corrected chi connectivity index (χ3v) is 3.32. The Kier molecular flexibility index (Phi) is 17.7. The number of hydrogen-bond donors (Lipinski definition) is 2. The maximum atomic E-state index is 11.0. The number of carboxylic acids is 2. The minimum atomic E-state index is -1.20. The van der Waals surface area contributed by atoms with Crippen molar-refractivity contribution in [1.82, 2.24) is 0 Å². The average Bonchev–Trinajstić information content (AvgIpc) is 2.64. The standard InChI is InChI=1S/C14H22O6.C6H14O2/c1-5-6-20-14(9-19-4,7-10(2)12(15)16)8-11(3)13(17)18;1-3-4-8-6-5-7-2/h7-8H,5-6,9H2,1-4H3,(H,15,16)(H,17,18);3-6H2,1-2H3. The first-order chi connectivity index (χ1) is 13.2. The van der Waals surface area contributed by atoms with Crippen molar-refractivity contribution in [3.05, 3.63) is 23.3 Å². The van der Waals surface area contributed by atoms with Crippen LogP contribution in [0.25, 0.3) is 0 Å². The fourth-order valence-corrected chi connectivity index (χ4v) is 2.01. The van der Waals surface area contributed by atoms with Crippen LogP contribution in [-0.4, -0.2) is 75.0 Å². The van der Waals surface area contributed by atoms with Crippen molar-refractivity contribution in [1.29, 1.82) is 0 Å². The van der Waals surface area contributed by atoms with Gasteiger partial charge in [0.1, 0.15) is 5.60 Å². The Morgan fingerprint density at radius 1 is 0.821 bits per heavy atom. The molecular weight excluding hydrogens is 368 g/mol. The molecule has 0 aromatic heterocycles. The van der Waals surface area contributed by atoms with Gasteiger partial charge in [0.15, 0.2) is 0 Å². The van der Waals surface area contributed by atoms with Crippen LogP contribution in [0.5, 0.6) is 0 Å². The Balaban J connectivity index is 0. The molecule has 0 saturated carbocycles. The first-order valence-electron chi connectivity index (χ1n) is 9.24. The SMILES string of the molecule is CCCOC(C=C(C)C(=O)O)(C=C(C)C(=O)O)COC.CCCOCCOC. The van der Waals surface area contributed by atoms with Crippen LogP contribution in [0.2, 0.25) is 0 Å². The van der Waals surface area contributed by atoms with Crippen molar-refractivity contribution in [2.45, 2.75) is 46.1 Å². The first kappa shape index (κ1) is 28.5. The fourth-order valence-electron chi connectivity index (χ4n) is 2.01. The lowest BCUT2D eigenvalue weighted by atomic mass is 9.98. The molecule has 0 bridgehead atoms. The van der Waals surface area contributed by atoms with Gasteiger partial charge in [0.05, 0.1) is 19.8 Å². The number of hydrogen-bond acceptors (Lipinski definition) is 6. The summed E-state index contributed by atoms with van der Waals surface area (Å²) in [6.07, 6.45) is 4.55. The topological polar surface area (TPSA) is 112 Å². The summed E-state index contributed by atoms with van der Waals surface area (Å²) in [6, 6.07) is 0. The van der Waals surface area contributed by atoms with Crippen LogP contribution in [0.4, 0.5) is 0 Å². The molecule has 0 aliphatic heterocycles. The summed E-state index contributed by atoms with van der Waals surface area (Å²) in [6.45, 7) is 9.51. The number of carboxylic acid groups (broad SMARTS) is 2. The Labute approximate surface area is 168 Å². The summed E-state index contributed by atoms with van der Waals surface area (Å²) in [5.41, 5.74) is -1.07. The van der Waals surface area contributed by atoms with Gasteiger partial charge in [-0.3, -0.25) is 0 Å². The van der Waals surface area contributed by atoms with Crippen molar-refractivity contribution in [2.75, 3.05) is 47.3 Å². The second-order valence-corrected chi connectivity index (χ2v) is 6.11. The maximum absolute atomic E-state index is 11.0. The molecule has 0 aromatic carbocycles. The maximum Gasteiger partial charge on any atom is 0.331 e. The van der Waals surface area contributed by atoms with E-state index in [1.54, 1.807) is 7.11 Å². The van der Waals surface area contributed by atoms with Crippen molar-refractivity contribution >= 4 is 11.9 Å². The smallest absolute Gasteiger partial charge is 0.331 e. The Morgan fingerprint density at radius 3 is 1.68 bits per heavy atom. The molecule has 0 fully saturated rings. The minimum Gasteiger partial charge on any atom is -0.478 e. The Bertz CT molecular complexity index is 460. The van der Waals surface area contributed by atoms with E-state index in [0.29, 0.717) is 19.6 Å². The van der Waals surface area contributed by atoms with Gasteiger partial charge < -0.3 is 29.2 Å². The second kappa shape index (κ2) is 17.4. The highest BCUT2D eigenvalue weighted by Crippen LogP contribution is 2.21. The second-order valence-electron chi connectivity index (χ2n) is 6.11. The van der Waals surface area contributed by atoms with E-state index in [4.69, 9.17) is 29.2 Å². The number of carbonyl (C=O) groups is 2. The summed E-state index contributed by atoms with van der Waals surface area (Å²) in [4.78, 5) is 21.9. The zero-order chi connectivity index (χ0) is 22.0. The van der Waals surface area contributed by atoms with Gasteiger partial charge >= 0.3 is 11.9 Å². The van der Waals surface area contributed by atoms with E-state index in [1.165, 1.54) is 33.1 Å². The molecule has 8 heteroatoms. The van der Waals surface area contributed by atoms with Gasteiger partial charge in [-0.05, 0) is 38.8 Å². The average molecular weight is 405 g/mol. The summed E-state index contributed by atoms with van der Waals surface area (Å²) < 4.78 is 20.6. The molecule has 0 spiro atoms. The predicted octanol–water partition coefficient (Wildman–Crippen LogP) is 2.92. The van der Waals surface area contributed by atoms with Gasteiger partial charge in [-0.1, -0.05) is 13.8 Å². The molecule has 2 N–H and O–H groups in total. The summed E-state index contributed by atoms with van der Waals surface area (Å²) >= 11 is 0. The highest BCUT2D eigenvalue weighted by atomic mass is 16.5. The summed E-state index contributed by atoms with van der Waals surface area (Å²) in [5.74, 6) is -2.18. The zero-order valence-corrected chi connectivity index (χ0v) is 17.9. The molecule has 0 radical (unpaired) electrons. The monoisotopic (exact) mass is 404 g/mol. The van der Waals surface area contributed by atoms with Crippen LogP contribution in [0.15, 0.2) is 23.3 Å². The third kappa shape index (κ3) is 14.3. The molecule has 0 atom stereocenters. The highest BCUT2D eigenvalue weighted by Gasteiger charge is 2.28. The zero-order valence-electron chi connectivity index (χ0n) is 17.9. The van der Waals surface area contributed by atoms with E-state index in [0.717, 1.165) is 19.6 Å². The minimum absolute atomic E-state index is 0.0300. The van der Waals surface area contributed by atoms with E-state index < -0.39 is 17.5 Å². The van der Waals surface area contributed by atoms with Gasteiger partial charge in [0.2, 0.25) is 0 Å². The molecule has 0 saturated heterocycles. The molecule has 28 heavy (non-hydrogen) atoms. The largest absolute Gasteiger partial charge is 0.478 e. The van der Waals surface area contributed by atoms with Gasteiger partial charge in [-0.2, -0.15) is 0 Å². The van der Waals surface area contributed by atoms with Crippen LogP contribution < -0.4 is 0 Å². The molecule has 0 aromatic rings. The molecule has 8 nitrogen and oxygen atoms in total. The lowest BCUT2D eigenvalue weighted by Gasteiger charge is -2.28. The molecule has 0 amide bonds. The molecule has 0 aliphatic carbocycles. The fraction of sp³-hybridized carbons (Fsp3) is 0.700. The lowest BCUT2D eigenvalue weighted by Crippen LogP contribution is -2.35. The number of ether oxygens (including phenoxy) is 4. The van der Waals surface area contributed by atoms with Crippen LogP contribution >= 0.6 is 0 Å². The molecular formula is C20H36O8. The predicted molar refractivity (Wildman–Crippen MR) is 107 cm³/mol. The molecule has 164 valence electrons. The first-order valence-corrected chi connectivity index (χ1v) is 9.24.